The number of amides is 2. The molecule has 0 unspecified atom stereocenters. The van der Waals surface area contributed by atoms with Crippen LogP contribution in [0.2, 0.25) is 0 Å². The van der Waals surface area contributed by atoms with Gasteiger partial charge in [0.25, 0.3) is 17.5 Å². The molecular weight excluding hydrogens is 430 g/mol. The standard InChI is InChI=1S/C22H21N5O4S/c28-21(19-2-1-13-32-19)24-14-16-3-5-17(6-4-16)22(29)26-11-9-25(10-12-26)20-8-7-18(15-23-20)27(30)31/h1-8,13,15H,9-12,14H2,(H,24,28). The third-order valence-electron chi connectivity index (χ3n) is 5.23. The van der Waals surface area contributed by atoms with Gasteiger partial charge in [0.15, 0.2) is 0 Å². The maximum Gasteiger partial charge on any atom is 0.287 e. The first-order valence-corrected chi connectivity index (χ1v) is 10.9. The molecule has 1 fully saturated rings. The van der Waals surface area contributed by atoms with Crippen LogP contribution in [0.3, 0.4) is 0 Å². The second-order valence-electron chi connectivity index (χ2n) is 7.27. The molecule has 1 aliphatic heterocycles. The molecule has 1 aliphatic rings. The number of nitrogens with one attached hydrogen (secondary N) is 1. The highest BCUT2D eigenvalue weighted by Crippen LogP contribution is 2.18. The topological polar surface area (TPSA) is 109 Å². The van der Waals surface area contributed by atoms with E-state index < -0.39 is 4.92 Å². The number of rotatable bonds is 6. The van der Waals surface area contributed by atoms with E-state index in [0.29, 0.717) is 49.0 Å². The number of thiophene rings is 1. The second kappa shape index (κ2) is 9.56. The van der Waals surface area contributed by atoms with Crippen molar-refractivity contribution in [2.45, 2.75) is 6.54 Å². The van der Waals surface area contributed by atoms with Gasteiger partial charge in [-0.2, -0.15) is 0 Å². The Bertz CT molecular complexity index is 1090. The van der Waals surface area contributed by atoms with Gasteiger partial charge in [-0.1, -0.05) is 18.2 Å². The molecular formula is C22H21N5O4S. The van der Waals surface area contributed by atoms with Crippen molar-refractivity contribution in [3.8, 4) is 0 Å². The Morgan fingerprint density at radius 3 is 2.41 bits per heavy atom. The van der Waals surface area contributed by atoms with Crippen molar-refractivity contribution < 1.29 is 14.5 Å². The molecule has 4 rings (SSSR count). The number of anilines is 1. The Kier molecular flexibility index (Phi) is 6.41. The molecule has 0 spiro atoms. The quantitative estimate of drug-likeness (QED) is 0.456. The van der Waals surface area contributed by atoms with Gasteiger partial charge in [-0.25, -0.2) is 4.98 Å². The summed E-state index contributed by atoms with van der Waals surface area (Å²) in [4.78, 5) is 43.8. The molecule has 1 N–H and O–H groups in total. The Morgan fingerprint density at radius 2 is 1.81 bits per heavy atom. The Hall–Kier alpha value is -3.79. The van der Waals surface area contributed by atoms with E-state index in [0.717, 1.165) is 5.56 Å². The van der Waals surface area contributed by atoms with Gasteiger partial charge in [-0.15, -0.1) is 11.3 Å². The minimum atomic E-state index is -0.476. The zero-order valence-corrected chi connectivity index (χ0v) is 18.0. The normalized spacial score (nSPS) is 13.6. The van der Waals surface area contributed by atoms with Crippen molar-refractivity contribution >= 4 is 34.7 Å². The lowest BCUT2D eigenvalue weighted by atomic mass is 10.1. The molecule has 32 heavy (non-hydrogen) atoms. The van der Waals surface area contributed by atoms with E-state index in [2.05, 4.69) is 10.3 Å². The Morgan fingerprint density at radius 1 is 1.06 bits per heavy atom. The van der Waals surface area contributed by atoms with Crippen molar-refractivity contribution in [3.05, 3.63) is 86.2 Å². The molecule has 0 saturated carbocycles. The zero-order valence-electron chi connectivity index (χ0n) is 17.1. The number of nitrogens with zero attached hydrogens (tertiary/aromatic N) is 4. The summed E-state index contributed by atoms with van der Waals surface area (Å²) in [6, 6.07) is 13.9. The predicted octanol–water partition coefficient (Wildman–Crippen LogP) is 2.94. The van der Waals surface area contributed by atoms with Crippen LogP contribution >= 0.6 is 11.3 Å². The van der Waals surface area contributed by atoms with Crippen LogP contribution < -0.4 is 10.2 Å². The molecule has 0 bridgehead atoms. The predicted molar refractivity (Wildman–Crippen MR) is 121 cm³/mol. The van der Waals surface area contributed by atoms with Crippen LogP contribution in [0.5, 0.6) is 0 Å². The maximum atomic E-state index is 12.8. The molecule has 1 saturated heterocycles. The first kappa shape index (κ1) is 21.4. The number of piperazine rings is 1. The second-order valence-corrected chi connectivity index (χ2v) is 8.22. The van der Waals surface area contributed by atoms with Gasteiger partial charge in [0.05, 0.1) is 9.80 Å². The number of hydrogen-bond donors (Lipinski definition) is 1. The summed E-state index contributed by atoms with van der Waals surface area (Å²) in [6.45, 7) is 2.67. The summed E-state index contributed by atoms with van der Waals surface area (Å²) in [6.07, 6.45) is 1.25. The van der Waals surface area contributed by atoms with Crippen LogP contribution in [0.25, 0.3) is 0 Å². The van der Waals surface area contributed by atoms with Crippen molar-refractivity contribution in [1.82, 2.24) is 15.2 Å². The van der Waals surface area contributed by atoms with Crippen molar-refractivity contribution in [2.24, 2.45) is 0 Å². The molecule has 2 aromatic heterocycles. The van der Waals surface area contributed by atoms with Crippen LogP contribution in [-0.2, 0) is 6.54 Å². The number of carbonyl (C=O) groups excluding carboxylic acids is 2. The zero-order chi connectivity index (χ0) is 22.5. The highest BCUT2D eigenvalue weighted by molar-refractivity contribution is 7.12. The lowest BCUT2D eigenvalue weighted by molar-refractivity contribution is -0.385. The lowest BCUT2D eigenvalue weighted by Gasteiger charge is -2.35. The molecule has 10 heteroatoms. The monoisotopic (exact) mass is 451 g/mol. The summed E-state index contributed by atoms with van der Waals surface area (Å²) in [5, 5.41) is 15.5. The number of aromatic nitrogens is 1. The van der Waals surface area contributed by atoms with E-state index in [1.165, 1.54) is 23.6 Å². The molecule has 0 radical (unpaired) electrons. The number of nitro groups is 1. The first-order chi connectivity index (χ1) is 15.5. The molecule has 3 aromatic rings. The Balaban J connectivity index is 1.29. The average molecular weight is 452 g/mol. The van der Waals surface area contributed by atoms with Gasteiger partial charge in [0.2, 0.25) is 0 Å². The van der Waals surface area contributed by atoms with Gasteiger partial charge in [-0.05, 0) is 35.2 Å². The number of pyridine rings is 1. The summed E-state index contributed by atoms with van der Waals surface area (Å²) < 4.78 is 0. The van der Waals surface area contributed by atoms with E-state index >= 15 is 0 Å². The van der Waals surface area contributed by atoms with Gasteiger partial charge in [-0.3, -0.25) is 19.7 Å². The first-order valence-electron chi connectivity index (χ1n) is 10.1. The lowest BCUT2D eigenvalue weighted by Crippen LogP contribution is -2.49. The number of benzene rings is 1. The van der Waals surface area contributed by atoms with Gasteiger partial charge >= 0.3 is 0 Å². The largest absolute Gasteiger partial charge is 0.353 e. The third kappa shape index (κ3) is 4.92. The van der Waals surface area contributed by atoms with Gasteiger partial charge in [0, 0.05) is 44.4 Å². The number of carbonyl (C=O) groups is 2. The number of hydrogen-bond acceptors (Lipinski definition) is 7. The molecule has 9 nitrogen and oxygen atoms in total. The minimum Gasteiger partial charge on any atom is -0.353 e. The molecule has 0 atom stereocenters. The third-order valence-corrected chi connectivity index (χ3v) is 6.10. The molecule has 0 aliphatic carbocycles. The van der Waals surface area contributed by atoms with Crippen LogP contribution in [0.15, 0.2) is 60.1 Å². The highest BCUT2D eigenvalue weighted by Gasteiger charge is 2.23. The molecule has 1 aromatic carbocycles. The minimum absolute atomic E-state index is 0.0444. The average Bonchev–Trinajstić information content (AvgIpc) is 3.38. The van der Waals surface area contributed by atoms with E-state index in [1.807, 2.05) is 28.5 Å². The van der Waals surface area contributed by atoms with Crippen molar-refractivity contribution in [1.29, 1.82) is 0 Å². The van der Waals surface area contributed by atoms with Crippen LogP contribution in [0.1, 0.15) is 25.6 Å². The maximum absolute atomic E-state index is 12.8. The fraction of sp³-hybridized carbons (Fsp3) is 0.227. The SMILES string of the molecule is O=C(NCc1ccc(C(=O)N2CCN(c3ccc([N+](=O)[O-])cn3)CC2)cc1)c1cccs1. The van der Waals surface area contributed by atoms with E-state index in [1.54, 1.807) is 29.2 Å². The van der Waals surface area contributed by atoms with E-state index in [-0.39, 0.29) is 17.5 Å². The smallest absolute Gasteiger partial charge is 0.287 e. The summed E-state index contributed by atoms with van der Waals surface area (Å²) in [7, 11) is 0. The van der Waals surface area contributed by atoms with Crippen LogP contribution in [-0.4, -0.2) is 52.8 Å². The van der Waals surface area contributed by atoms with Crippen molar-refractivity contribution in [2.75, 3.05) is 31.1 Å². The molecule has 2 amide bonds. The molecule has 164 valence electrons. The van der Waals surface area contributed by atoms with E-state index in [4.69, 9.17) is 0 Å². The fourth-order valence-corrected chi connectivity index (χ4v) is 4.08. The van der Waals surface area contributed by atoms with Crippen LogP contribution in [0, 0.1) is 10.1 Å². The summed E-state index contributed by atoms with van der Waals surface area (Å²) >= 11 is 1.39. The van der Waals surface area contributed by atoms with Gasteiger partial charge < -0.3 is 15.1 Å². The van der Waals surface area contributed by atoms with Crippen LogP contribution in [0.4, 0.5) is 11.5 Å². The van der Waals surface area contributed by atoms with Gasteiger partial charge in [0.1, 0.15) is 12.0 Å². The molecule has 3 heterocycles. The Labute approximate surface area is 188 Å². The summed E-state index contributed by atoms with van der Waals surface area (Å²) in [5.74, 6) is 0.507. The highest BCUT2D eigenvalue weighted by atomic mass is 32.1. The van der Waals surface area contributed by atoms with Crippen molar-refractivity contribution in [3.63, 3.8) is 0 Å². The fourth-order valence-electron chi connectivity index (χ4n) is 3.44. The van der Waals surface area contributed by atoms with E-state index in [9.17, 15) is 19.7 Å². The summed E-state index contributed by atoms with van der Waals surface area (Å²) in [5.41, 5.74) is 1.47.